The number of hydrogen-bond donors (Lipinski definition) is 1. The summed E-state index contributed by atoms with van der Waals surface area (Å²) < 4.78 is 0. The number of aromatic nitrogens is 2. The molecule has 0 bridgehead atoms. The smallest absolute Gasteiger partial charge is 0.0440 e. The summed E-state index contributed by atoms with van der Waals surface area (Å²) in [6.07, 6.45) is 8.51. The molecular formula is C16H22N4. The standard InChI is InChI=1S/C16H22N4/c1-3-17-12-15-13-19-10-6-16(15)20(2)11-7-14-4-8-18-9-5-14/h4-6,8-10,13,17H,3,7,11-12H2,1-2H3. The quantitative estimate of drug-likeness (QED) is 0.838. The van der Waals surface area contributed by atoms with Crippen LogP contribution in [-0.4, -0.2) is 30.1 Å². The van der Waals surface area contributed by atoms with Crippen LogP contribution in [0.5, 0.6) is 0 Å². The van der Waals surface area contributed by atoms with Gasteiger partial charge in [-0.25, -0.2) is 0 Å². The van der Waals surface area contributed by atoms with Gasteiger partial charge in [0.2, 0.25) is 0 Å². The molecule has 0 amide bonds. The van der Waals surface area contributed by atoms with Crippen molar-refractivity contribution in [1.29, 1.82) is 0 Å². The Labute approximate surface area is 120 Å². The zero-order valence-corrected chi connectivity index (χ0v) is 12.2. The Hall–Kier alpha value is -1.94. The van der Waals surface area contributed by atoms with E-state index in [0.29, 0.717) is 0 Å². The fourth-order valence-corrected chi connectivity index (χ4v) is 2.15. The third kappa shape index (κ3) is 4.03. The van der Waals surface area contributed by atoms with Crippen molar-refractivity contribution in [3.63, 3.8) is 0 Å². The lowest BCUT2D eigenvalue weighted by Crippen LogP contribution is -2.23. The second-order valence-electron chi connectivity index (χ2n) is 4.81. The minimum absolute atomic E-state index is 0.860. The molecule has 4 heteroatoms. The molecule has 0 aliphatic rings. The van der Waals surface area contributed by atoms with Gasteiger partial charge in [0.1, 0.15) is 0 Å². The van der Waals surface area contributed by atoms with E-state index in [1.165, 1.54) is 16.8 Å². The van der Waals surface area contributed by atoms with E-state index in [2.05, 4.69) is 52.4 Å². The Balaban J connectivity index is 1.99. The van der Waals surface area contributed by atoms with Crippen molar-refractivity contribution >= 4 is 5.69 Å². The Bertz CT molecular complexity index is 513. The lowest BCUT2D eigenvalue weighted by Gasteiger charge is -2.22. The van der Waals surface area contributed by atoms with Gasteiger partial charge in [-0.15, -0.1) is 0 Å². The normalized spacial score (nSPS) is 10.5. The van der Waals surface area contributed by atoms with E-state index in [1.54, 1.807) is 0 Å². The molecular weight excluding hydrogens is 248 g/mol. The third-order valence-electron chi connectivity index (χ3n) is 3.34. The minimum Gasteiger partial charge on any atom is -0.374 e. The monoisotopic (exact) mass is 270 g/mol. The average molecular weight is 270 g/mol. The molecule has 0 fully saturated rings. The Morgan fingerprint density at radius 3 is 2.60 bits per heavy atom. The van der Waals surface area contributed by atoms with Crippen LogP contribution < -0.4 is 10.2 Å². The third-order valence-corrected chi connectivity index (χ3v) is 3.34. The molecule has 20 heavy (non-hydrogen) atoms. The molecule has 0 aliphatic heterocycles. The molecule has 4 nitrogen and oxygen atoms in total. The van der Waals surface area contributed by atoms with Gasteiger partial charge in [0.05, 0.1) is 0 Å². The van der Waals surface area contributed by atoms with Crippen molar-refractivity contribution in [2.45, 2.75) is 19.9 Å². The lowest BCUT2D eigenvalue weighted by molar-refractivity contribution is 0.720. The molecule has 2 rings (SSSR count). The zero-order chi connectivity index (χ0) is 14.2. The van der Waals surface area contributed by atoms with Crippen molar-refractivity contribution in [2.24, 2.45) is 0 Å². The van der Waals surface area contributed by atoms with Crippen LogP contribution in [0.15, 0.2) is 43.0 Å². The van der Waals surface area contributed by atoms with Gasteiger partial charge in [-0.1, -0.05) is 6.92 Å². The number of rotatable bonds is 7. The zero-order valence-electron chi connectivity index (χ0n) is 12.2. The SMILES string of the molecule is CCNCc1cnccc1N(C)CCc1ccncc1. The van der Waals surface area contributed by atoms with Crippen LogP contribution in [0.3, 0.4) is 0 Å². The van der Waals surface area contributed by atoms with Crippen LogP contribution in [0, 0.1) is 0 Å². The van der Waals surface area contributed by atoms with E-state index >= 15 is 0 Å². The Morgan fingerprint density at radius 2 is 1.85 bits per heavy atom. The number of pyridine rings is 2. The summed E-state index contributed by atoms with van der Waals surface area (Å²) >= 11 is 0. The highest BCUT2D eigenvalue weighted by atomic mass is 15.1. The number of nitrogens with zero attached hydrogens (tertiary/aromatic N) is 3. The van der Waals surface area contributed by atoms with Crippen LogP contribution in [-0.2, 0) is 13.0 Å². The predicted molar refractivity (Wildman–Crippen MR) is 82.8 cm³/mol. The number of likely N-dealkylation sites (N-methyl/N-ethyl adjacent to an activating group) is 1. The van der Waals surface area contributed by atoms with Gasteiger partial charge in [0.15, 0.2) is 0 Å². The Kier molecular flexibility index (Phi) is 5.50. The molecule has 0 aromatic carbocycles. The van der Waals surface area contributed by atoms with Crippen molar-refractivity contribution in [3.8, 4) is 0 Å². The fraction of sp³-hybridized carbons (Fsp3) is 0.375. The number of nitrogens with one attached hydrogen (secondary N) is 1. The average Bonchev–Trinajstić information content (AvgIpc) is 2.52. The van der Waals surface area contributed by atoms with E-state index in [-0.39, 0.29) is 0 Å². The van der Waals surface area contributed by atoms with Crippen molar-refractivity contribution in [2.75, 3.05) is 25.0 Å². The molecule has 2 aromatic heterocycles. The molecule has 0 saturated heterocycles. The molecule has 106 valence electrons. The van der Waals surface area contributed by atoms with Gasteiger partial charge in [-0.3, -0.25) is 9.97 Å². The number of hydrogen-bond acceptors (Lipinski definition) is 4. The molecule has 0 saturated carbocycles. The maximum absolute atomic E-state index is 4.22. The summed E-state index contributed by atoms with van der Waals surface area (Å²) in [6, 6.07) is 6.22. The molecule has 2 aromatic rings. The largest absolute Gasteiger partial charge is 0.374 e. The molecule has 0 spiro atoms. The van der Waals surface area contributed by atoms with Crippen LogP contribution in [0.2, 0.25) is 0 Å². The molecule has 1 N–H and O–H groups in total. The highest BCUT2D eigenvalue weighted by molar-refractivity contribution is 5.51. The van der Waals surface area contributed by atoms with E-state index < -0.39 is 0 Å². The molecule has 0 unspecified atom stereocenters. The van der Waals surface area contributed by atoms with Gasteiger partial charge in [-0.05, 0) is 36.7 Å². The molecule has 0 aliphatic carbocycles. The van der Waals surface area contributed by atoms with Crippen LogP contribution in [0.25, 0.3) is 0 Å². The van der Waals surface area contributed by atoms with Gasteiger partial charge in [-0.2, -0.15) is 0 Å². The lowest BCUT2D eigenvalue weighted by atomic mass is 10.1. The summed E-state index contributed by atoms with van der Waals surface area (Å²) in [4.78, 5) is 10.6. The van der Waals surface area contributed by atoms with E-state index in [0.717, 1.165) is 26.1 Å². The summed E-state index contributed by atoms with van der Waals surface area (Å²) in [5, 5.41) is 3.36. The summed E-state index contributed by atoms with van der Waals surface area (Å²) in [6.45, 7) is 4.92. The van der Waals surface area contributed by atoms with E-state index in [4.69, 9.17) is 0 Å². The Morgan fingerprint density at radius 1 is 1.10 bits per heavy atom. The minimum atomic E-state index is 0.860. The summed E-state index contributed by atoms with van der Waals surface area (Å²) in [5.41, 5.74) is 3.80. The first kappa shape index (κ1) is 14.5. The van der Waals surface area contributed by atoms with Gasteiger partial charge >= 0.3 is 0 Å². The van der Waals surface area contributed by atoms with Crippen LogP contribution in [0.1, 0.15) is 18.1 Å². The van der Waals surface area contributed by atoms with E-state index in [9.17, 15) is 0 Å². The first-order chi connectivity index (χ1) is 9.81. The van der Waals surface area contributed by atoms with Crippen molar-refractivity contribution in [3.05, 3.63) is 54.1 Å². The first-order valence-corrected chi connectivity index (χ1v) is 7.05. The second kappa shape index (κ2) is 7.60. The van der Waals surface area contributed by atoms with Crippen molar-refractivity contribution < 1.29 is 0 Å². The first-order valence-electron chi connectivity index (χ1n) is 7.05. The van der Waals surface area contributed by atoms with Crippen molar-refractivity contribution in [1.82, 2.24) is 15.3 Å². The second-order valence-corrected chi connectivity index (χ2v) is 4.81. The molecule has 0 radical (unpaired) electrons. The topological polar surface area (TPSA) is 41.1 Å². The summed E-state index contributed by atoms with van der Waals surface area (Å²) in [7, 11) is 2.13. The predicted octanol–water partition coefficient (Wildman–Crippen LogP) is 2.27. The maximum atomic E-state index is 4.22. The fourth-order valence-electron chi connectivity index (χ4n) is 2.15. The van der Waals surface area contributed by atoms with Gasteiger partial charge in [0.25, 0.3) is 0 Å². The molecule has 0 atom stereocenters. The number of anilines is 1. The van der Waals surface area contributed by atoms with Gasteiger partial charge < -0.3 is 10.2 Å². The summed E-state index contributed by atoms with van der Waals surface area (Å²) in [5.74, 6) is 0. The van der Waals surface area contributed by atoms with Crippen LogP contribution >= 0.6 is 0 Å². The maximum Gasteiger partial charge on any atom is 0.0440 e. The van der Waals surface area contributed by atoms with Gasteiger partial charge in [0, 0.05) is 56.2 Å². The van der Waals surface area contributed by atoms with E-state index in [1.807, 2.05) is 24.8 Å². The highest BCUT2D eigenvalue weighted by Crippen LogP contribution is 2.18. The molecule has 2 heterocycles. The highest BCUT2D eigenvalue weighted by Gasteiger charge is 2.07. The van der Waals surface area contributed by atoms with Crippen LogP contribution in [0.4, 0.5) is 5.69 Å².